The minimum atomic E-state index is -0.337. The van der Waals surface area contributed by atoms with Crippen LogP contribution in [0.25, 0.3) is 10.8 Å². The average molecular weight is 531 g/mol. The molecule has 6 heteroatoms. The molecule has 0 aliphatic carbocycles. The summed E-state index contributed by atoms with van der Waals surface area (Å²) in [4.78, 5) is 12.3. The summed E-state index contributed by atoms with van der Waals surface area (Å²) in [6.45, 7) is 2.44. The van der Waals surface area contributed by atoms with Crippen molar-refractivity contribution in [1.29, 1.82) is 0 Å². The van der Waals surface area contributed by atoms with Crippen LogP contribution in [0.15, 0.2) is 94.5 Å². The van der Waals surface area contributed by atoms with E-state index in [-0.39, 0.29) is 12.5 Å². The molecule has 5 nitrogen and oxygen atoms in total. The van der Waals surface area contributed by atoms with Gasteiger partial charge in [0.1, 0.15) is 18.1 Å². The van der Waals surface area contributed by atoms with E-state index in [1.807, 2.05) is 84.9 Å². The van der Waals surface area contributed by atoms with Crippen molar-refractivity contribution in [1.82, 2.24) is 5.43 Å². The van der Waals surface area contributed by atoms with E-state index in [1.165, 1.54) is 5.56 Å². The maximum Gasteiger partial charge on any atom is 0.277 e. The highest BCUT2D eigenvalue weighted by Crippen LogP contribution is 2.27. The molecule has 0 spiro atoms. The van der Waals surface area contributed by atoms with E-state index in [9.17, 15) is 4.79 Å². The maximum absolute atomic E-state index is 12.3. The number of hydrogen-bond acceptors (Lipinski definition) is 4. The second-order valence-electron chi connectivity index (χ2n) is 8.09. The van der Waals surface area contributed by atoms with Crippen molar-refractivity contribution in [2.75, 3.05) is 6.61 Å². The van der Waals surface area contributed by atoms with Crippen molar-refractivity contribution >= 4 is 38.8 Å². The molecule has 4 rings (SSSR count). The van der Waals surface area contributed by atoms with Crippen LogP contribution in [-0.2, 0) is 17.8 Å². The summed E-state index contributed by atoms with van der Waals surface area (Å²) >= 11 is 3.49. The molecule has 0 saturated heterocycles. The van der Waals surface area contributed by atoms with Gasteiger partial charge < -0.3 is 9.47 Å². The van der Waals surface area contributed by atoms with Crippen LogP contribution in [-0.4, -0.2) is 18.7 Å². The number of aryl methyl sites for hydroxylation is 1. The van der Waals surface area contributed by atoms with Crippen molar-refractivity contribution in [2.45, 2.75) is 26.4 Å². The molecule has 0 heterocycles. The number of amides is 1. The van der Waals surface area contributed by atoms with E-state index in [4.69, 9.17) is 9.47 Å². The summed E-state index contributed by atoms with van der Waals surface area (Å²) in [5.41, 5.74) is 5.64. The Morgan fingerprint density at radius 3 is 2.57 bits per heavy atom. The number of halogens is 1. The fourth-order valence-corrected chi connectivity index (χ4v) is 4.16. The smallest absolute Gasteiger partial charge is 0.277 e. The molecule has 0 bridgehead atoms. The summed E-state index contributed by atoms with van der Waals surface area (Å²) in [5, 5.41) is 6.23. The van der Waals surface area contributed by atoms with E-state index >= 15 is 0 Å². The van der Waals surface area contributed by atoms with Crippen molar-refractivity contribution in [3.63, 3.8) is 0 Å². The molecule has 4 aromatic rings. The Bertz CT molecular complexity index is 1320. The summed E-state index contributed by atoms with van der Waals surface area (Å²) in [6.07, 6.45) is 3.74. The van der Waals surface area contributed by atoms with Crippen LogP contribution < -0.4 is 14.9 Å². The van der Waals surface area contributed by atoms with Gasteiger partial charge in [-0.1, -0.05) is 83.9 Å². The van der Waals surface area contributed by atoms with Crippen LogP contribution in [0.3, 0.4) is 0 Å². The summed E-state index contributed by atoms with van der Waals surface area (Å²) in [7, 11) is 0. The van der Waals surface area contributed by atoms with Gasteiger partial charge in [0, 0.05) is 10.0 Å². The Hall–Kier alpha value is -3.64. The molecule has 35 heavy (non-hydrogen) atoms. The fraction of sp³-hybridized carbons (Fsp3) is 0.172. The predicted octanol–water partition coefficient (Wildman–Crippen LogP) is 6.66. The lowest BCUT2D eigenvalue weighted by molar-refractivity contribution is -0.123. The third-order valence-corrected chi connectivity index (χ3v) is 5.92. The van der Waals surface area contributed by atoms with Gasteiger partial charge >= 0.3 is 0 Å². The van der Waals surface area contributed by atoms with Gasteiger partial charge in [-0.15, -0.1) is 0 Å². The molecule has 0 saturated carbocycles. The SMILES string of the molecule is CCCc1ccc(OCC(=O)N/N=C\c2c(OCc3cccc(Br)c3)ccc3ccccc23)cc1. The molecular formula is C29H27BrN2O3. The van der Waals surface area contributed by atoms with Crippen molar-refractivity contribution in [3.8, 4) is 11.5 Å². The minimum Gasteiger partial charge on any atom is -0.488 e. The molecule has 0 fully saturated rings. The third kappa shape index (κ3) is 6.93. The van der Waals surface area contributed by atoms with Gasteiger partial charge in [0.25, 0.3) is 5.91 Å². The lowest BCUT2D eigenvalue weighted by Gasteiger charge is -2.12. The van der Waals surface area contributed by atoms with Gasteiger partial charge in [0.2, 0.25) is 0 Å². The van der Waals surface area contributed by atoms with Gasteiger partial charge in [-0.3, -0.25) is 4.79 Å². The second kappa shape index (κ2) is 12.2. The number of hydrogen-bond donors (Lipinski definition) is 1. The summed E-state index contributed by atoms with van der Waals surface area (Å²) in [6, 6.07) is 27.7. The van der Waals surface area contributed by atoms with Crippen LogP contribution >= 0.6 is 15.9 Å². The Kier molecular flexibility index (Phi) is 8.52. The fourth-order valence-electron chi connectivity index (χ4n) is 3.71. The molecule has 178 valence electrons. The molecule has 4 aromatic carbocycles. The van der Waals surface area contributed by atoms with Crippen LogP contribution in [0.4, 0.5) is 0 Å². The highest BCUT2D eigenvalue weighted by atomic mass is 79.9. The number of benzene rings is 4. The number of carbonyl (C=O) groups excluding carboxylic acids is 1. The van der Waals surface area contributed by atoms with Crippen molar-refractivity contribution < 1.29 is 14.3 Å². The Morgan fingerprint density at radius 1 is 0.943 bits per heavy atom. The van der Waals surface area contributed by atoms with Gasteiger partial charge in [0.15, 0.2) is 6.61 Å². The molecule has 0 unspecified atom stereocenters. The van der Waals surface area contributed by atoms with Gasteiger partial charge in [0.05, 0.1) is 6.21 Å². The predicted molar refractivity (Wildman–Crippen MR) is 144 cm³/mol. The highest BCUT2D eigenvalue weighted by Gasteiger charge is 2.09. The lowest BCUT2D eigenvalue weighted by atomic mass is 10.0. The Labute approximate surface area is 213 Å². The van der Waals surface area contributed by atoms with Crippen LogP contribution in [0, 0.1) is 0 Å². The molecule has 1 amide bonds. The molecule has 0 aromatic heterocycles. The number of nitrogens with zero attached hydrogens (tertiary/aromatic N) is 1. The number of ether oxygens (including phenoxy) is 2. The molecule has 0 radical (unpaired) electrons. The number of carbonyl (C=O) groups is 1. The van der Waals surface area contributed by atoms with Gasteiger partial charge in [-0.2, -0.15) is 5.10 Å². The van der Waals surface area contributed by atoms with Crippen LogP contribution in [0.5, 0.6) is 11.5 Å². The zero-order valence-corrected chi connectivity index (χ0v) is 21.1. The molecular weight excluding hydrogens is 504 g/mol. The van der Waals surface area contributed by atoms with Gasteiger partial charge in [-0.25, -0.2) is 5.43 Å². The van der Waals surface area contributed by atoms with E-state index in [2.05, 4.69) is 33.4 Å². The molecule has 0 aliphatic heterocycles. The maximum atomic E-state index is 12.3. The zero-order chi connectivity index (χ0) is 24.5. The average Bonchev–Trinajstić information content (AvgIpc) is 2.88. The largest absolute Gasteiger partial charge is 0.488 e. The normalized spacial score (nSPS) is 11.0. The van der Waals surface area contributed by atoms with Crippen LogP contribution in [0.2, 0.25) is 0 Å². The Morgan fingerprint density at radius 2 is 1.77 bits per heavy atom. The van der Waals surface area contributed by atoms with Gasteiger partial charge in [-0.05, 0) is 58.7 Å². The third-order valence-electron chi connectivity index (χ3n) is 5.43. The first-order valence-electron chi connectivity index (χ1n) is 11.5. The lowest BCUT2D eigenvalue weighted by Crippen LogP contribution is -2.24. The first kappa shape index (κ1) is 24.5. The Balaban J connectivity index is 1.42. The zero-order valence-electron chi connectivity index (χ0n) is 19.5. The summed E-state index contributed by atoms with van der Waals surface area (Å²) in [5.74, 6) is 1.00. The van der Waals surface area contributed by atoms with E-state index in [1.54, 1.807) is 6.21 Å². The first-order chi connectivity index (χ1) is 17.1. The number of nitrogens with one attached hydrogen (secondary N) is 1. The topological polar surface area (TPSA) is 59.9 Å². The minimum absolute atomic E-state index is 0.119. The van der Waals surface area contributed by atoms with E-state index < -0.39 is 0 Å². The number of hydrazone groups is 1. The van der Waals surface area contributed by atoms with E-state index in [0.29, 0.717) is 18.1 Å². The van der Waals surface area contributed by atoms with E-state index in [0.717, 1.165) is 39.2 Å². The first-order valence-corrected chi connectivity index (χ1v) is 12.3. The quantitative estimate of drug-likeness (QED) is 0.184. The number of rotatable bonds is 10. The standard InChI is InChI=1S/C29H27BrN2O3/c1-2-6-21-11-14-25(15-12-21)34-20-29(33)32-31-18-27-26-10-4-3-8-23(26)13-16-28(27)35-19-22-7-5-9-24(30)17-22/h3-5,7-18H,2,6,19-20H2,1H3,(H,32,33)/b31-18-. The number of fused-ring (bicyclic) bond motifs is 1. The summed E-state index contributed by atoms with van der Waals surface area (Å²) < 4.78 is 12.7. The van der Waals surface area contributed by atoms with Crippen molar-refractivity contribution in [2.24, 2.45) is 5.10 Å². The second-order valence-corrected chi connectivity index (χ2v) is 9.01. The molecule has 1 N–H and O–H groups in total. The molecule has 0 aliphatic rings. The molecule has 0 atom stereocenters. The van der Waals surface area contributed by atoms with Crippen molar-refractivity contribution in [3.05, 3.63) is 106 Å². The van der Waals surface area contributed by atoms with Crippen LogP contribution in [0.1, 0.15) is 30.0 Å². The monoisotopic (exact) mass is 530 g/mol. The highest BCUT2D eigenvalue weighted by molar-refractivity contribution is 9.10.